The van der Waals surface area contributed by atoms with Crippen LogP contribution < -0.4 is 5.32 Å². The van der Waals surface area contributed by atoms with Crippen LogP contribution in [0, 0.1) is 5.82 Å². The van der Waals surface area contributed by atoms with E-state index in [1.165, 1.54) is 18.3 Å². The van der Waals surface area contributed by atoms with Gasteiger partial charge in [0.1, 0.15) is 11.5 Å². The van der Waals surface area contributed by atoms with Gasteiger partial charge in [-0.25, -0.2) is 14.2 Å². The van der Waals surface area contributed by atoms with E-state index in [-0.39, 0.29) is 23.8 Å². The fourth-order valence-electron chi connectivity index (χ4n) is 3.64. The Bertz CT molecular complexity index is 811. The molecule has 0 radical (unpaired) electrons. The number of carbonyl (C=O) groups excluding carboxylic acids is 2. The number of imidazole rings is 1. The van der Waals surface area contributed by atoms with E-state index < -0.39 is 0 Å². The number of halogens is 1. The summed E-state index contributed by atoms with van der Waals surface area (Å²) < 4.78 is 14.8. The molecule has 3 amide bonds. The zero-order valence-electron chi connectivity index (χ0n) is 14.3. The number of nitrogens with one attached hydrogen (secondary N) is 1. The molecule has 0 unspecified atom stereocenters. The molecule has 0 aliphatic carbocycles. The minimum absolute atomic E-state index is 0.0100. The Kier molecular flexibility index (Phi) is 4.32. The average molecular weight is 357 g/mol. The number of urea groups is 1. The van der Waals surface area contributed by atoms with E-state index in [1.54, 1.807) is 27.9 Å². The summed E-state index contributed by atoms with van der Waals surface area (Å²) in [4.78, 5) is 32.5. The minimum Gasteiger partial charge on any atom is -0.337 e. The Labute approximate surface area is 150 Å². The molecular weight excluding hydrogens is 337 g/mol. The molecule has 2 saturated heterocycles. The SMILES string of the molecule is O=C(c1cncn1-c1ccc(F)cc1)N1CCC(N2CCNC2=O)CC1. The van der Waals surface area contributed by atoms with Gasteiger partial charge in [0.25, 0.3) is 5.91 Å². The van der Waals surface area contributed by atoms with Crippen molar-refractivity contribution in [1.29, 1.82) is 0 Å². The lowest BCUT2D eigenvalue weighted by molar-refractivity contribution is 0.0658. The van der Waals surface area contributed by atoms with Gasteiger partial charge in [0, 0.05) is 37.9 Å². The second-order valence-corrected chi connectivity index (χ2v) is 6.57. The molecule has 4 rings (SSSR count). The largest absolute Gasteiger partial charge is 0.337 e. The molecule has 0 spiro atoms. The number of hydrogen-bond donors (Lipinski definition) is 1. The molecule has 2 aliphatic rings. The van der Waals surface area contributed by atoms with Crippen LogP contribution in [-0.2, 0) is 0 Å². The summed E-state index contributed by atoms with van der Waals surface area (Å²) in [6.45, 7) is 2.62. The lowest BCUT2D eigenvalue weighted by Gasteiger charge is -2.36. The molecule has 2 aromatic rings. The van der Waals surface area contributed by atoms with Crippen molar-refractivity contribution in [1.82, 2.24) is 24.7 Å². The maximum atomic E-state index is 13.1. The molecule has 8 heteroatoms. The normalized spacial score (nSPS) is 18.3. The van der Waals surface area contributed by atoms with Crippen molar-refractivity contribution in [3.8, 4) is 5.69 Å². The number of amides is 3. The highest BCUT2D eigenvalue weighted by Gasteiger charge is 2.32. The lowest BCUT2D eigenvalue weighted by Crippen LogP contribution is -2.48. The van der Waals surface area contributed by atoms with E-state index in [0.717, 1.165) is 19.4 Å². The molecule has 2 aliphatic heterocycles. The number of piperidine rings is 1. The van der Waals surface area contributed by atoms with Crippen molar-refractivity contribution < 1.29 is 14.0 Å². The van der Waals surface area contributed by atoms with Gasteiger partial charge < -0.3 is 15.1 Å². The predicted molar refractivity (Wildman–Crippen MR) is 92.6 cm³/mol. The minimum atomic E-state index is -0.324. The van der Waals surface area contributed by atoms with Crippen LogP contribution in [0.5, 0.6) is 0 Å². The van der Waals surface area contributed by atoms with Crippen LogP contribution in [-0.4, -0.2) is 63.5 Å². The number of benzene rings is 1. The Hall–Kier alpha value is -2.90. The summed E-state index contributed by atoms with van der Waals surface area (Å²) in [5, 5.41) is 2.82. The van der Waals surface area contributed by atoms with Gasteiger partial charge in [0.05, 0.1) is 12.5 Å². The molecule has 0 bridgehead atoms. The topological polar surface area (TPSA) is 70.5 Å². The number of carbonyl (C=O) groups is 2. The van der Waals surface area contributed by atoms with Gasteiger partial charge in [0.15, 0.2) is 0 Å². The van der Waals surface area contributed by atoms with Gasteiger partial charge >= 0.3 is 6.03 Å². The fraction of sp³-hybridized carbons (Fsp3) is 0.389. The van der Waals surface area contributed by atoms with Gasteiger partial charge in [-0.15, -0.1) is 0 Å². The highest BCUT2D eigenvalue weighted by Crippen LogP contribution is 2.21. The molecule has 7 nitrogen and oxygen atoms in total. The molecule has 0 atom stereocenters. The number of rotatable bonds is 3. The molecule has 1 aromatic heterocycles. The average Bonchev–Trinajstić information content (AvgIpc) is 3.31. The highest BCUT2D eigenvalue weighted by molar-refractivity contribution is 5.93. The standard InChI is InChI=1S/C18H20FN5O2/c19-13-1-3-14(4-2-13)24-12-20-11-16(24)17(25)22-8-5-15(6-9-22)23-10-7-21-18(23)26/h1-4,11-12,15H,5-10H2,(H,21,26). The Morgan fingerprint density at radius 2 is 1.88 bits per heavy atom. The molecule has 1 N–H and O–H groups in total. The second-order valence-electron chi connectivity index (χ2n) is 6.57. The monoisotopic (exact) mass is 357 g/mol. The third kappa shape index (κ3) is 3.02. The van der Waals surface area contributed by atoms with Crippen molar-refractivity contribution in [3.63, 3.8) is 0 Å². The first-order chi connectivity index (χ1) is 12.6. The fourth-order valence-corrected chi connectivity index (χ4v) is 3.64. The number of likely N-dealkylation sites (tertiary alicyclic amines) is 1. The van der Waals surface area contributed by atoms with E-state index in [4.69, 9.17) is 0 Å². The Morgan fingerprint density at radius 1 is 1.15 bits per heavy atom. The molecule has 26 heavy (non-hydrogen) atoms. The summed E-state index contributed by atoms with van der Waals surface area (Å²) in [5.74, 6) is -0.425. The van der Waals surface area contributed by atoms with Gasteiger partial charge in [-0.2, -0.15) is 0 Å². The first-order valence-electron chi connectivity index (χ1n) is 8.75. The van der Waals surface area contributed by atoms with Gasteiger partial charge in [0.2, 0.25) is 0 Å². The van der Waals surface area contributed by atoms with Crippen LogP contribution in [0.1, 0.15) is 23.3 Å². The maximum absolute atomic E-state index is 13.1. The Balaban J connectivity index is 1.45. The van der Waals surface area contributed by atoms with E-state index in [2.05, 4.69) is 10.3 Å². The van der Waals surface area contributed by atoms with E-state index >= 15 is 0 Å². The summed E-state index contributed by atoms with van der Waals surface area (Å²) in [7, 11) is 0. The number of aromatic nitrogens is 2. The highest BCUT2D eigenvalue weighted by atomic mass is 19.1. The van der Waals surface area contributed by atoms with Crippen molar-refractivity contribution in [2.75, 3.05) is 26.2 Å². The van der Waals surface area contributed by atoms with E-state index in [9.17, 15) is 14.0 Å². The number of nitrogens with zero attached hydrogens (tertiary/aromatic N) is 4. The van der Waals surface area contributed by atoms with Crippen LogP contribution in [0.25, 0.3) is 5.69 Å². The number of hydrogen-bond acceptors (Lipinski definition) is 3. The summed E-state index contributed by atoms with van der Waals surface area (Å²) in [5.41, 5.74) is 1.14. The molecule has 2 fully saturated rings. The lowest BCUT2D eigenvalue weighted by atomic mass is 10.0. The third-order valence-electron chi connectivity index (χ3n) is 5.04. The van der Waals surface area contributed by atoms with E-state index in [0.29, 0.717) is 31.0 Å². The van der Waals surface area contributed by atoms with Gasteiger partial charge in [-0.1, -0.05) is 0 Å². The summed E-state index contributed by atoms with van der Waals surface area (Å²) >= 11 is 0. The zero-order valence-corrected chi connectivity index (χ0v) is 14.3. The van der Waals surface area contributed by atoms with E-state index in [1.807, 2.05) is 4.90 Å². The zero-order chi connectivity index (χ0) is 18.1. The van der Waals surface area contributed by atoms with Gasteiger partial charge in [-0.3, -0.25) is 9.36 Å². The Morgan fingerprint density at radius 3 is 2.54 bits per heavy atom. The molecule has 0 saturated carbocycles. The van der Waals surface area contributed by atoms with Crippen LogP contribution in [0.3, 0.4) is 0 Å². The first kappa shape index (κ1) is 16.6. The first-order valence-corrected chi connectivity index (χ1v) is 8.75. The predicted octanol–water partition coefficient (Wildman–Crippen LogP) is 1.64. The van der Waals surface area contributed by atoms with Crippen LogP contribution in [0.2, 0.25) is 0 Å². The van der Waals surface area contributed by atoms with Crippen LogP contribution in [0.4, 0.5) is 9.18 Å². The van der Waals surface area contributed by atoms with Gasteiger partial charge in [-0.05, 0) is 37.1 Å². The maximum Gasteiger partial charge on any atom is 0.317 e. The van der Waals surface area contributed by atoms with Crippen molar-refractivity contribution >= 4 is 11.9 Å². The van der Waals surface area contributed by atoms with Crippen molar-refractivity contribution in [2.24, 2.45) is 0 Å². The smallest absolute Gasteiger partial charge is 0.317 e. The van der Waals surface area contributed by atoms with Crippen LogP contribution >= 0.6 is 0 Å². The molecule has 1 aromatic carbocycles. The van der Waals surface area contributed by atoms with Crippen LogP contribution in [0.15, 0.2) is 36.8 Å². The summed E-state index contributed by atoms with van der Waals surface area (Å²) in [6.07, 6.45) is 4.63. The quantitative estimate of drug-likeness (QED) is 0.908. The second kappa shape index (κ2) is 6.78. The van der Waals surface area contributed by atoms with Crippen molar-refractivity contribution in [3.05, 3.63) is 48.3 Å². The van der Waals surface area contributed by atoms with Crippen molar-refractivity contribution in [2.45, 2.75) is 18.9 Å². The third-order valence-corrected chi connectivity index (χ3v) is 5.04. The molecule has 3 heterocycles. The summed E-state index contributed by atoms with van der Waals surface area (Å²) in [6, 6.07) is 6.12. The molecular formula is C18H20FN5O2. The molecule has 136 valence electrons.